The Morgan fingerprint density at radius 1 is 0.364 bits per heavy atom. The molecule has 3 saturated carbocycles. The number of rotatable bonds is 0. The Labute approximate surface area is 145 Å². The van der Waals surface area contributed by atoms with Gasteiger partial charge in [0.1, 0.15) is 0 Å². The summed E-state index contributed by atoms with van der Waals surface area (Å²) in [4.78, 5) is 0. The second-order valence-corrected chi connectivity index (χ2v) is 6.87. The van der Waals surface area contributed by atoms with Gasteiger partial charge in [0.2, 0.25) is 0 Å². The van der Waals surface area contributed by atoms with E-state index in [1.54, 1.807) is 77.0 Å². The van der Waals surface area contributed by atoms with Crippen LogP contribution >= 0.6 is 0 Å². The standard InChI is InChI=1S/C16H28.6CH4/c1-3-7-15-12-14-6-2-4-8-16(15)11-13(5-1)9-10-14;;;;;;/h13-16H,1-12H2;6*1H4. The quantitative estimate of drug-likeness (QED) is 0.418. The van der Waals surface area contributed by atoms with Crippen LogP contribution < -0.4 is 0 Å². The zero-order valence-electron chi connectivity index (χ0n) is 10.8. The second kappa shape index (κ2) is 14.6. The van der Waals surface area contributed by atoms with E-state index in [1.165, 1.54) is 0 Å². The molecule has 3 fully saturated rings. The predicted octanol–water partition coefficient (Wildman–Crippen LogP) is 8.99. The van der Waals surface area contributed by atoms with Crippen molar-refractivity contribution in [1.29, 1.82) is 0 Å². The molecular weight excluding hydrogens is 264 g/mol. The van der Waals surface area contributed by atoms with Gasteiger partial charge in [-0.25, -0.2) is 0 Å². The number of fused-ring (bicyclic) bond motifs is 2. The fourth-order valence-electron chi connectivity index (χ4n) is 4.86. The molecule has 0 aromatic heterocycles. The van der Waals surface area contributed by atoms with Gasteiger partial charge in [0.15, 0.2) is 0 Å². The first-order valence-electron chi connectivity index (χ1n) is 7.92. The van der Waals surface area contributed by atoms with Gasteiger partial charge in [-0.05, 0) is 36.5 Å². The highest BCUT2D eigenvalue weighted by Gasteiger charge is 2.32. The molecule has 3 rings (SSSR count). The third-order valence-corrected chi connectivity index (χ3v) is 5.80. The van der Waals surface area contributed by atoms with E-state index in [1.807, 2.05) is 0 Å². The van der Waals surface area contributed by atoms with E-state index in [9.17, 15) is 0 Å². The van der Waals surface area contributed by atoms with Crippen LogP contribution in [0.3, 0.4) is 0 Å². The van der Waals surface area contributed by atoms with Crippen molar-refractivity contribution in [3.05, 3.63) is 0 Å². The van der Waals surface area contributed by atoms with E-state index in [0.29, 0.717) is 0 Å². The molecule has 0 aromatic carbocycles. The first-order valence-corrected chi connectivity index (χ1v) is 7.92. The number of hydrogen-bond acceptors (Lipinski definition) is 0. The Kier molecular flexibility index (Phi) is 19.8. The summed E-state index contributed by atoms with van der Waals surface area (Å²) in [5.74, 6) is 4.50. The van der Waals surface area contributed by atoms with Crippen molar-refractivity contribution >= 4 is 0 Å². The van der Waals surface area contributed by atoms with Crippen LogP contribution in [0.25, 0.3) is 0 Å². The maximum absolute atomic E-state index is 1.61. The van der Waals surface area contributed by atoms with Gasteiger partial charge in [0.25, 0.3) is 0 Å². The Bertz CT molecular complexity index is 196. The third kappa shape index (κ3) is 7.51. The SMILES string of the molecule is C.C.C.C.C.C.C1CCC2CC3CCCCC2CC(C1)CC3. The average Bonchev–Trinajstić information content (AvgIpc) is 2.26. The van der Waals surface area contributed by atoms with E-state index < -0.39 is 0 Å². The molecule has 4 unspecified atom stereocenters. The minimum Gasteiger partial charge on any atom is -0.0776 e. The Balaban J connectivity index is -0.000000270. The summed E-state index contributed by atoms with van der Waals surface area (Å²) in [6, 6.07) is 0. The van der Waals surface area contributed by atoms with Gasteiger partial charge in [0, 0.05) is 0 Å². The first-order chi connectivity index (χ1) is 7.92. The minimum absolute atomic E-state index is 0. The zero-order valence-corrected chi connectivity index (χ0v) is 10.8. The maximum atomic E-state index is 1.61. The van der Waals surface area contributed by atoms with Crippen molar-refractivity contribution in [3.63, 3.8) is 0 Å². The van der Waals surface area contributed by atoms with Gasteiger partial charge < -0.3 is 0 Å². The largest absolute Gasteiger partial charge is 0.0776 e. The average molecular weight is 317 g/mol. The molecule has 0 spiro atoms. The Morgan fingerprint density at radius 2 is 0.682 bits per heavy atom. The minimum atomic E-state index is 0. The molecule has 22 heavy (non-hydrogen) atoms. The summed E-state index contributed by atoms with van der Waals surface area (Å²) in [5.41, 5.74) is 0. The smallest absolute Gasteiger partial charge is 0.0383 e. The van der Waals surface area contributed by atoms with Crippen molar-refractivity contribution in [3.8, 4) is 0 Å². The lowest BCUT2D eigenvalue weighted by molar-refractivity contribution is 0.117. The van der Waals surface area contributed by atoms with E-state index in [4.69, 9.17) is 0 Å². The Morgan fingerprint density at radius 3 is 1.05 bits per heavy atom. The fourth-order valence-corrected chi connectivity index (χ4v) is 4.86. The van der Waals surface area contributed by atoms with Gasteiger partial charge in [0.05, 0.1) is 0 Å². The van der Waals surface area contributed by atoms with Gasteiger partial charge in [-0.3, -0.25) is 0 Å². The molecule has 4 bridgehead atoms. The molecule has 4 atom stereocenters. The zero-order chi connectivity index (χ0) is 10.8. The fraction of sp³-hybridized carbons (Fsp3) is 1.00. The van der Waals surface area contributed by atoms with Crippen molar-refractivity contribution in [2.24, 2.45) is 23.7 Å². The summed E-state index contributed by atoms with van der Waals surface area (Å²) in [5, 5.41) is 0. The lowest BCUT2D eigenvalue weighted by Crippen LogP contribution is -2.28. The third-order valence-electron chi connectivity index (χ3n) is 5.80. The van der Waals surface area contributed by atoms with Gasteiger partial charge in [-0.2, -0.15) is 0 Å². The molecule has 0 heteroatoms. The Hall–Kier alpha value is 0. The molecule has 0 nitrogen and oxygen atoms in total. The monoisotopic (exact) mass is 316 g/mol. The normalized spacial score (nSPS) is 32.7. The molecule has 0 aliphatic heterocycles. The summed E-state index contributed by atoms with van der Waals surface area (Å²) in [6.45, 7) is 0. The van der Waals surface area contributed by atoms with Gasteiger partial charge in [-0.15, -0.1) is 0 Å². The molecule has 0 radical (unpaired) electrons. The van der Waals surface area contributed by atoms with Crippen LogP contribution in [-0.2, 0) is 0 Å². The molecule has 0 heterocycles. The topological polar surface area (TPSA) is 0 Å². The van der Waals surface area contributed by atoms with Crippen LogP contribution in [0.4, 0.5) is 0 Å². The summed E-state index contributed by atoms with van der Waals surface area (Å²) >= 11 is 0. The molecule has 0 N–H and O–H groups in total. The maximum Gasteiger partial charge on any atom is -0.0383 e. The molecule has 0 amide bonds. The van der Waals surface area contributed by atoms with Crippen LogP contribution in [0.1, 0.15) is 122 Å². The van der Waals surface area contributed by atoms with Gasteiger partial charge in [-0.1, -0.05) is 109 Å². The highest BCUT2D eigenvalue weighted by atomic mass is 14.4. The van der Waals surface area contributed by atoms with E-state index >= 15 is 0 Å². The van der Waals surface area contributed by atoms with Crippen LogP contribution in [0.2, 0.25) is 0 Å². The van der Waals surface area contributed by atoms with E-state index in [2.05, 4.69) is 0 Å². The van der Waals surface area contributed by atoms with Crippen LogP contribution in [0.15, 0.2) is 0 Å². The molecule has 3 aliphatic rings. The predicted molar refractivity (Wildman–Crippen MR) is 110 cm³/mol. The van der Waals surface area contributed by atoms with Crippen molar-refractivity contribution in [2.75, 3.05) is 0 Å². The second-order valence-electron chi connectivity index (χ2n) is 6.87. The van der Waals surface area contributed by atoms with Crippen LogP contribution in [0, 0.1) is 23.7 Å². The highest BCUT2D eigenvalue weighted by Crippen LogP contribution is 2.45. The van der Waals surface area contributed by atoms with Crippen molar-refractivity contribution in [2.45, 2.75) is 122 Å². The molecular formula is C22H52. The van der Waals surface area contributed by atoms with Crippen molar-refractivity contribution < 1.29 is 0 Å². The highest BCUT2D eigenvalue weighted by molar-refractivity contribution is 4.84. The summed E-state index contributed by atoms with van der Waals surface area (Å²) in [7, 11) is 0. The lowest BCUT2D eigenvalue weighted by atomic mass is 9.66. The van der Waals surface area contributed by atoms with Crippen LogP contribution in [0.5, 0.6) is 0 Å². The molecule has 140 valence electrons. The molecule has 0 aromatic rings. The van der Waals surface area contributed by atoms with Crippen LogP contribution in [-0.4, -0.2) is 0 Å². The lowest BCUT2D eigenvalue weighted by Gasteiger charge is -2.40. The molecule has 0 saturated heterocycles. The van der Waals surface area contributed by atoms with Crippen molar-refractivity contribution in [1.82, 2.24) is 0 Å². The summed E-state index contributed by atoms with van der Waals surface area (Å²) in [6.07, 6.45) is 18.8. The van der Waals surface area contributed by atoms with E-state index in [-0.39, 0.29) is 44.6 Å². The molecule has 3 aliphatic carbocycles. The first kappa shape index (κ1) is 29.9. The number of hydrogen-bond donors (Lipinski definition) is 0. The van der Waals surface area contributed by atoms with Gasteiger partial charge >= 0.3 is 0 Å². The van der Waals surface area contributed by atoms with E-state index in [0.717, 1.165) is 23.7 Å². The summed E-state index contributed by atoms with van der Waals surface area (Å²) < 4.78 is 0.